The molecule has 3 aliphatic rings. The topological polar surface area (TPSA) is 8.17 Å². The third kappa shape index (κ3) is 6.94. The number of allylic oxidation sites excluding steroid dienone is 5. The predicted octanol–water partition coefficient (Wildman–Crippen LogP) is 16.8. The zero-order valence-corrected chi connectivity index (χ0v) is 38.2. The molecule has 8 aromatic rings. The largest absolute Gasteiger partial charge is 0.310 e. The van der Waals surface area contributed by atoms with Crippen molar-refractivity contribution in [2.24, 2.45) is 11.8 Å². The Morgan fingerprint density at radius 1 is 0.692 bits per heavy atom. The molecule has 2 heteroatoms. The van der Waals surface area contributed by atoms with Gasteiger partial charge in [-0.2, -0.15) is 0 Å². The molecule has 0 aliphatic heterocycles. The first kappa shape index (κ1) is 40.8. The summed E-state index contributed by atoms with van der Waals surface area (Å²) in [5, 5.41) is 1.34. The molecule has 3 atom stereocenters. The molecule has 1 heterocycles. The van der Waals surface area contributed by atoms with Crippen LogP contribution in [0.1, 0.15) is 104 Å². The lowest BCUT2D eigenvalue weighted by Crippen LogP contribution is -2.29. The van der Waals surface area contributed by atoms with E-state index in [2.05, 4.69) is 237 Å². The first-order valence-electron chi connectivity index (χ1n) is 24.0. The van der Waals surface area contributed by atoms with Crippen molar-refractivity contribution in [2.45, 2.75) is 71.1 Å². The Bertz CT molecular complexity index is 3050. The van der Waals surface area contributed by atoms with Gasteiger partial charge in [-0.25, -0.2) is 0 Å². The van der Waals surface area contributed by atoms with E-state index in [0.717, 1.165) is 30.6 Å². The Morgan fingerprint density at radius 2 is 1.31 bits per heavy atom. The smallest absolute Gasteiger partial charge is 0.0671 e. The van der Waals surface area contributed by atoms with Crippen molar-refractivity contribution in [3.05, 3.63) is 244 Å². The monoisotopic (exact) mass is 842 g/mol. The van der Waals surface area contributed by atoms with Gasteiger partial charge < -0.3 is 9.47 Å². The van der Waals surface area contributed by atoms with E-state index in [1.54, 1.807) is 0 Å². The van der Waals surface area contributed by atoms with Crippen LogP contribution in [0.5, 0.6) is 0 Å². The maximum Gasteiger partial charge on any atom is 0.0671 e. The van der Waals surface area contributed by atoms with Gasteiger partial charge in [0.15, 0.2) is 0 Å². The van der Waals surface area contributed by atoms with E-state index >= 15 is 0 Å². The summed E-state index contributed by atoms with van der Waals surface area (Å²) in [4.78, 5) is 2.49. The second-order valence-corrected chi connectivity index (χ2v) is 18.8. The molecule has 0 fully saturated rings. The number of aromatic nitrogens is 1. The molecule has 0 saturated carbocycles. The fourth-order valence-corrected chi connectivity index (χ4v) is 11.8. The minimum atomic E-state index is -0.425. The minimum Gasteiger partial charge on any atom is -0.310 e. The normalized spacial score (nSPS) is 18.0. The van der Waals surface area contributed by atoms with Crippen LogP contribution in [0, 0.1) is 11.8 Å². The second kappa shape index (κ2) is 16.9. The highest BCUT2D eigenvalue weighted by atomic mass is 15.1. The van der Waals surface area contributed by atoms with E-state index in [4.69, 9.17) is 0 Å². The fourth-order valence-electron chi connectivity index (χ4n) is 11.8. The second-order valence-electron chi connectivity index (χ2n) is 18.8. The molecule has 65 heavy (non-hydrogen) atoms. The summed E-state index contributed by atoms with van der Waals surface area (Å²) in [6.45, 7) is 9.49. The van der Waals surface area contributed by atoms with Crippen molar-refractivity contribution in [3.63, 3.8) is 0 Å². The number of rotatable bonds is 10. The van der Waals surface area contributed by atoms with Gasteiger partial charge in [-0.05, 0) is 167 Å². The van der Waals surface area contributed by atoms with E-state index in [1.807, 2.05) is 0 Å². The molecule has 0 radical (unpaired) electrons. The Balaban J connectivity index is 1.03. The predicted molar refractivity (Wildman–Crippen MR) is 276 cm³/mol. The van der Waals surface area contributed by atoms with Gasteiger partial charge in [-0.1, -0.05) is 160 Å². The van der Waals surface area contributed by atoms with E-state index in [9.17, 15) is 0 Å². The number of hydrogen-bond acceptors (Lipinski definition) is 1. The third-order valence-corrected chi connectivity index (χ3v) is 15.1. The molecule has 7 aromatic carbocycles. The summed E-state index contributed by atoms with van der Waals surface area (Å²) >= 11 is 0. The maximum absolute atomic E-state index is 2.52. The molecule has 1 aromatic heterocycles. The van der Waals surface area contributed by atoms with Gasteiger partial charge in [0.05, 0.1) is 10.9 Å². The lowest BCUT2D eigenvalue weighted by molar-refractivity contribution is 0.593. The van der Waals surface area contributed by atoms with Gasteiger partial charge >= 0.3 is 0 Å². The quantitative estimate of drug-likeness (QED) is 0.133. The van der Waals surface area contributed by atoms with Crippen LogP contribution in [0.15, 0.2) is 200 Å². The van der Waals surface area contributed by atoms with Gasteiger partial charge in [0, 0.05) is 39.7 Å². The van der Waals surface area contributed by atoms with Gasteiger partial charge in [-0.15, -0.1) is 0 Å². The SMILES string of the molecule is CCC(C)C1=C(C)C(c2ccccc2)(c2ccccc2)c2cc(N(c3ccc(C4=CC(C)CCC4)cc3)c3ccc(C4C=Cc5c(c6ccccc6n5-c5ccccc5)C4)cc3)ccc21. The van der Waals surface area contributed by atoms with Crippen molar-refractivity contribution in [2.75, 3.05) is 4.90 Å². The van der Waals surface area contributed by atoms with Crippen LogP contribution in [-0.4, -0.2) is 4.57 Å². The summed E-state index contributed by atoms with van der Waals surface area (Å²) in [7, 11) is 0. The molecule has 0 amide bonds. The minimum absolute atomic E-state index is 0.274. The highest BCUT2D eigenvalue weighted by molar-refractivity contribution is 5.92. The Kier molecular flexibility index (Phi) is 10.6. The standard InChI is InChI=1S/C63H58N2/c1-5-44(3)62-45(4)63(50-20-9-6-10-21-50,51-22-11-7-12-23-51)59-42-55(37-38-57(59)62)64(53-33-28-46(29-34-53)48-19-17-18-43(2)40-48)54-35-30-47(31-36-54)49-32-39-61-58(41-49)56-26-15-16-27-60(56)65(61)52-24-13-8-14-25-52/h6-16,20-40,42-44,49H,5,17-19,41H2,1-4H3. The van der Waals surface area contributed by atoms with Crippen molar-refractivity contribution in [3.8, 4) is 5.69 Å². The summed E-state index contributed by atoms with van der Waals surface area (Å²) in [6.07, 6.45) is 13.0. The van der Waals surface area contributed by atoms with E-state index < -0.39 is 5.41 Å². The maximum atomic E-state index is 2.52. The number of anilines is 3. The van der Waals surface area contributed by atoms with E-state index in [1.165, 1.54) is 96.5 Å². The lowest BCUT2D eigenvalue weighted by Gasteiger charge is -2.36. The van der Waals surface area contributed by atoms with Crippen LogP contribution >= 0.6 is 0 Å². The average molecular weight is 843 g/mol. The molecule has 3 aliphatic carbocycles. The van der Waals surface area contributed by atoms with Crippen molar-refractivity contribution in [1.29, 1.82) is 0 Å². The number of para-hydroxylation sites is 2. The molecule has 11 rings (SSSR count). The van der Waals surface area contributed by atoms with Crippen molar-refractivity contribution >= 4 is 45.2 Å². The summed E-state index contributed by atoms with van der Waals surface area (Å²) in [5.74, 6) is 1.32. The number of hydrogen-bond donors (Lipinski definition) is 0. The lowest BCUT2D eigenvalue weighted by atomic mass is 9.67. The number of fused-ring (bicyclic) bond motifs is 4. The first-order valence-corrected chi connectivity index (χ1v) is 24.0. The summed E-state index contributed by atoms with van der Waals surface area (Å²) < 4.78 is 2.43. The summed E-state index contributed by atoms with van der Waals surface area (Å²) in [5.41, 5.74) is 20.7. The van der Waals surface area contributed by atoms with Crippen LogP contribution in [0.4, 0.5) is 17.1 Å². The molecule has 0 spiro atoms. The summed E-state index contributed by atoms with van der Waals surface area (Å²) in [6, 6.07) is 68.4. The number of benzene rings is 7. The zero-order chi connectivity index (χ0) is 44.1. The molecule has 2 nitrogen and oxygen atoms in total. The molecule has 0 saturated heterocycles. The highest BCUT2D eigenvalue weighted by Gasteiger charge is 2.47. The zero-order valence-electron chi connectivity index (χ0n) is 38.2. The van der Waals surface area contributed by atoms with Crippen molar-refractivity contribution in [1.82, 2.24) is 4.57 Å². The molecular weight excluding hydrogens is 785 g/mol. The highest BCUT2D eigenvalue weighted by Crippen LogP contribution is 2.57. The van der Waals surface area contributed by atoms with Crippen molar-refractivity contribution < 1.29 is 0 Å². The van der Waals surface area contributed by atoms with Crippen LogP contribution in [0.25, 0.3) is 33.8 Å². The molecule has 0 bridgehead atoms. The van der Waals surface area contributed by atoms with Crippen LogP contribution in [-0.2, 0) is 11.8 Å². The van der Waals surface area contributed by atoms with E-state index in [0.29, 0.717) is 11.8 Å². The van der Waals surface area contributed by atoms with Crippen LogP contribution in [0.2, 0.25) is 0 Å². The van der Waals surface area contributed by atoms with Gasteiger partial charge in [-0.3, -0.25) is 0 Å². The third-order valence-electron chi connectivity index (χ3n) is 15.1. The Labute approximate surface area is 385 Å². The van der Waals surface area contributed by atoms with Gasteiger partial charge in [0.25, 0.3) is 0 Å². The first-order chi connectivity index (χ1) is 31.9. The average Bonchev–Trinajstić information content (AvgIpc) is 3.83. The Morgan fingerprint density at radius 3 is 1.97 bits per heavy atom. The number of nitrogens with zero attached hydrogens (tertiary/aromatic N) is 2. The van der Waals surface area contributed by atoms with Crippen LogP contribution < -0.4 is 4.90 Å². The molecule has 0 N–H and O–H groups in total. The molecular formula is C63H58N2. The molecule has 3 unspecified atom stereocenters. The van der Waals surface area contributed by atoms with Crippen LogP contribution in [0.3, 0.4) is 0 Å². The molecule has 320 valence electrons. The van der Waals surface area contributed by atoms with E-state index in [-0.39, 0.29) is 5.92 Å². The van der Waals surface area contributed by atoms with Gasteiger partial charge in [0.2, 0.25) is 0 Å². The van der Waals surface area contributed by atoms with Gasteiger partial charge in [0.1, 0.15) is 0 Å². The fraction of sp³-hybridized carbons (Fsp3) is 0.206. The Hall–Kier alpha value is -6.90.